The quantitative estimate of drug-likeness (QED) is 0.322. The molecule has 13 heavy (non-hydrogen) atoms. The van der Waals surface area contributed by atoms with Gasteiger partial charge < -0.3 is 4.74 Å². The summed E-state index contributed by atoms with van der Waals surface area (Å²) < 4.78 is 5.72. The molecule has 1 aliphatic carbocycles. The number of allylic oxidation sites excluding steroid dienone is 2. The van der Waals surface area contributed by atoms with Crippen LogP contribution in [0.1, 0.15) is 32.6 Å². The molecule has 0 fully saturated rings. The van der Waals surface area contributed by atoms with Gasteiger partial charge in [-0.1, -0.05) is 34.7 Å². The van der Waals surface area contributed by atoms with E-state index < -0.39 is 0 Å². The fourth-order valence-corrected chi connectivity index (χ4v) is 2.33. The molecule has 0 N–H and O–H groups in total. The number of halogens is 1. The van der Waals surface area contributed by atoms with E-state index >= 15 is 0 Å². The number of hydrogen-bond donors (Lipinski definition) is 0. The molecule has 0 aromatic carbocycles. The Morgan fingerprint density at radius 2 is 2.00 bits per heavy atom. The van der Waals surface area contributed by atoms with E-state index in [1.165, 1.54) is 6.92 Å². The summed E-state index contributed by atoms with van der Waals surface area (Å²) in [6, 6.07) is 0. The molecule has 0 aromatic heterocycles. The third-order valence-electron chi connectivity index (χ3n) is 2.11. The smallest absolute Gasteiger partial charge is 0.302 e. The van der Waals surface area contributed by atoms with E-state index in [1.54, 1.807) is 0 Å². The summed E-state index contributed by atoms with van der Waals surface area (Å²) in [6.45, 7) is 1.48. The third-order valence-corrected chi connectivity index (χ3v) is 3.54. The summed E-state index contributed by atoms with van der Waals surface area (Å²) in [6.07, 6.45) is 8.71. The molecule has 0 amide bonds. The Hall–Kier alpha value is -0.0600. The van der Waals surface area contributed by atoms with Gasteiger partial charge in [0.15, 0.2) is 0 Å². The van der Waals surface area contributed by atoms with Gasteiger partial charge >= 0.3 is 5.97 Å². The normalized spacial score (nSPS) is 31.5. The zero-order valence-corrected chi connectivity index (χ0v) is 9.99. The van der Waals surface area contributed by atoms with E-state index in [4.69, 9.17) is 4.74 Å². The minimum atomic E-state index is -0.156. The Bertz CT molecular complexity index is 201. The Kier molecular flexibility index (Phi) is 4.77. The molecule has 74 valence electrons. The van der Waals surface area contributed by atoms with Gasteiger partial charge in [0.1, 0.15) is 6.10 Å². The summed E-state index contributed by atoms with van der Waals surface area (Å²) >= 11 is 2.38. The predicted molar refractivity (Wildman–Crippen MR) is 61.0 cm³/mol. The summed E-state index contributed by atoms with van der Waals surface area (Å²) in [5, 5.41) is 0. The second-order valence-electron chi connectivity index (χ2n) is 3.29. The molecular weight excluding hydrogens is 279 g/mol. The molecule has 0 spiro atoms. The lowest BCUT2D eigenvalue weighted by atomic mass is 10.0. The topological polar surface area (TPSA) is 26.3 Å². The Labute approximate surface area is 92.9 Å². The van der Waals surface area contributed by atoms with Gasteiger partial charge in [-0.2, -0.15) is 0 Å². The molecule has 0 saturated heterocycles. The second kappa shape index (κ2) is 5.62. The SMILES string of the molecule is CC(=O)O[C@H]1CC/C=C\CCC1I. The monoisotopic (exact) mass is 294 g/mol. The average molecular weight is 294 g/mol. The Morgan fingerprint density at radius 3 is 2.62 bits per heavy atom. The third kappa shape index (κ3) is 4.11. The molecule has 1 rings (SSSR count). The van der Waals surface area contributed by atoms with Crippen LogP contribution in [0.2, 0.25) is 0 Å². The molecule has 2 nitrogen and oxygen atoms in total. The van der Waals surface area contributed by atoms with E-state index in [9.17, 15) is 4.79 Å². The van der Waals surface area contributed by atoms with Gasteiger partial charge in [0.2, 0.25) is 0 Å². The molecule has 3 heteroatoms. The average Bonchev–Trinajstić information content (AvgIpc) is 2.04. The fourth-order valence-electron chi connectivity index (χ4n) is 1.46. The standard InChI is InChI=1S/C10H15IO2/c1-8(12)13-10-7-5-3-2-4-6-9(10)11/h2-3,9-10H,4-7H2,1H3/b3-2-/t9?,10-/m0/s1. The van der Waals surface area contributed by atoms with Crippen LogP contribution in [0.3, 0.4) is 0 Å². The maximum atomic E-state index is 10.8. The molecule has 0 aromatic rings. The molecule has 0 saturated carbocycles. The van der Waals surface area contributed by atoms with E-state index in [0.717, 1.165) is 25.7 Å². The number of rotatable bonds is 1. The molecule has 1 unspecified atom stereocenters. The van der Waals surface area contributed by atoms with Crippen molar-refractivity contribution in [1.29, 1.82) is 0 Å². The van der Waals surface area contributed by atoms with Gasteiger partial charge in [-0.25, -0.2) is 0 Å². The number of esters is 1. The first kappa shape index (κ1) is 11.0. The van der Waals surface area contributed by atoms with Gasteiger partial charge in [-0.15, -0.1) is 0 Å². The lowest BCUT2D eigenvalue weighted by Gasteiger charge is -2.22. The van der Waals surface area contributed by atoms with Crippen molar-refractivity contribution in [2.45, 2.75) is 42.6 Å². The molecule has 0 radical (unpaired) electrons. The maximum Gasteiger partial charge on any atom is 0.302 e. The summed E-state index contributed by atoms with van der Waals surface area (Å²) in [5.74, 6) is -0.156. The molecule has 0 bridgehead atoms. The largest absolute Gasteiger partial charge is 0.461 e. The number of ether oxygens (including phenoxy) is 1. The lowest BCUT2D eigenvalue weighted by molar-refractivity contribution is -0.146. The molecule has 0 aliphatic heterocycles. The van der Waals surface area contributed by atoms with E-state index in [0.29, 0.717) is 3.92 Å². The van der Waals surface area contributed by atoms with Gasteiger partial charge in [0.05, 0.1) is 0 Å². The van der Waals surface area contributed by atoms with Crippen molar-refractivity contribution in [3.8, 4) is 0 Å². The summed E-state index contributed by atoms with van der Waals surface area (Å²) in [5.41, 5.74) is 0. The van der Waals surface area contributed by atoms with Gasteiger partial charge in [-0.05, 0) is 25.7 Å². The first-order chi connectivity index (χ1) is 6.20. The van der Waals surface area contributed by atoms with Crippen molar-refractivity contribution >= 4 is 28.6 Å². The first-order valence-corrected chi connectivity index (χ1v) is 5.91. The van der Waals surface area contributed by atoms with Crippen LogP contribution in [0.4, 0.5) is 0 Å². The van der Waals surface area contributed by atoms with Crippen LogP contribution < -0.4 is 0 Å². The molecule has 0 heterocycles. The van der Waals surface area contributed by atoms with Crippen LogP contribution in [0, 0.1) is 0 Å². The minimum absolute atomic E-state index is 0.114. The van der Waals surface area contributed by atoms with Crippen LogP contribution in [0.25, 0.3) is 0 Å². The van der Waals surface area contributed by atoms with Crippen LogP contribution in [-0.2, 0) is 9.53 Å². The highest BCUT2D eigenvalue weighted by molar-refractivity contribution is 14.1. The zero-order chi connectivity index (χ0) is 9.68. The van der Waals surface area contributed by atoms with Gasteiger partial charge in [0, 0.05) is 10.8 Å². The van der Waals surface area contributed by atoms with Crippen molar-refractivity contribution in [2.24, 2.45) is 0 Å². The maximum absolute atomic E-state index is 10.8. The van der Waals surface area contributed by atoms with Crippen molar-refractivity contribution in [2.75, 3.05) is 0 Å². The highest BCUT2D eigenvalue weighted by Gasteiger charge is 2.21. The zero-order valence-electron chi connectivity index (χ0n) is 7.83. The first-order valence-electron chi connectivity index (χ1n) is 4.66. The van der Waals surface area contributed by atoms with E-state index in [2.05, 4.69) is 34.7 Å². The highest BCUT2D eigenvalue weighted by atomic mass is 127. The summed E-state index contributed by atoms with van der Waals surface area (Å²) in [7, 11) is 0. The fraction of sp³-hybridized carbons (Fsp3) is 0.700. The molecular formula is C10H15IO2. The lowest BCUT2D eigenvalue weighted by Crippen LogP contribution is -2.26. The van der Waals surface area contributed by atoms with Crippen LogP contribution in [0.5, 0.6) is 0 Å². The Morgan fingerprint density at radius 1 is 1.38 bits per heavy atom. The second-order valence-corrected chi connectivity index (χ2v) is 4.89. The van der Waals surface area contributed by atoms with Crippen LogP contribution in [0.15, 0.2) is 12.2 Å². The minimum Gasteiger partial charge on any atom is -0.461 e. The Balaban J connectivity index is 2.48. The number of alkyl halides is 1. The summed E-state index contributed by atoms with van der Waals surface area (Å²) in [4.78, 5) is 10.8. The number of carbonyl (C=O) groups excluding carboxylic acids is 1. The van der Waals surface area contributed by atoms with E-state index in [-0.39, 0.29) is 12.1 Å². The van der Waals surface area contributed by atoms with E-state index in [1.807, 2.05) is 0 Å². The van der Waals surface area contributed by atoms with Gasteiger partial charge in [-0.3, -0.25) is 4.79 Å². The van der Waals surface area contributed by atoms with Crippen molar-refractivity contribution in [1.82, 2.24) is 0 Å². The molecule has 2 atom stereocenters. The van der Waals surface area contributed by atoms with Crippen molar-refractivity contribution in [3.05, 3.63) is 12.2 Å². The van der Waals surface area contributed by atoms with Crippen LogP contribution in [-0.4, -0.2) is 16.0 Å². The number of hydrogen-bond acceptors (Lipinski definition) is 2. The van der Waals surface area contributed by atoms with Crippen LogP contribution >= 0.6 is 22.6 Å². The molecule has 1 aliphatic rings. The number of carbonyl (C=O) groups is 1. The highest BCUT2D eigenvalue weighted by Crippen LogP contribution is 2.22. The van der Waals surface area contributed by atoms with Crippen molar-refractivity contribution in [3.63, 3.8) is 0 Å². The van der Waals surface area contributed by atoms with Crippen molar-refractivity contribution < 1.29 is 9.53 Å². The van der Waals surface area contributed by atoms with Gasteiger partial charge in [0.25, 0.3) is 0 Å². The predicted octanol–water partition coefficient (Wildman–Crippen LogP) is 2.85.